The molecule has 2 unspecified atom stereocenters. The average molecular weight is 673 g/mol. The fourth-order valence-electron chi connectivity index (χ4n) is 4.11. The third-order valence-electron chi connectivity index (χ3n) is 7.09. The van der Waals surface area contributed by atoms with Gasteiger partial charge in [-0.3, -0.25) is 14.4 Å². The molecule has 4 atom stereocenters. The zero-order valence-electron chi connectivity index (χ0n) is 31.8. The van der Waals surface area contributed by atoms with Crippen LogP contribution in [0.25, 0.3) is 0 Å². The lowest BCUT2D eigenvalue weighted by atomic mass is 9.98. The van der Waals surface area contributed by atoms with Gasteiger partial charge in [0.2, 0.25) is 0 Å². The maximum atomic E-state index is 12.4. The fourth-order valence-corrected chi connectivity index (χ4v) is 4.11. The molecule has 0 spiro atoms. The van der Waals surface area contributed by atoms with Crippen molar-refractivity contribution in [2.24, 2.45) is 17.6 Å². The number of hydrogen-bond donors (Lipinski definition) is 3. The average Bonchev–Trinajstić information content (AvgIpc) is 2.92. The molecule has 47 heavy (non-hydrogen) atoms. The Labute approximate surface area is 285 Å². The lowest BCUT2D eigenvalue weighted by molar-refractivity contribution is -0.374. The van der Waals surface area contributed by atoms with E-state index in [1.165, 1.54) is 0 Å². The van der Waals surface area contributed by atoms with Crippen LogP contribution >= 0.6 is 0 Å². The van der Waals surface area contributed by atoms with Gasteiger partial charge >= 0.3 is 18.0 Å². The molecule has 0 aromatic carbocycles. The first-order chi connectivity index (χ1) is 21.4. The number of nitrogens with two attached hydrogens (primary N) is 1. The third-order valence-corrected chi connectivity index (χ3v) is 7.09. The summed E-state index contributed by atoms with van der Waals surface area (Å²) >= 11 is 0. The molecule has 0 aromatic rings. The molecule has 0 aromatic heterocycles. The second kappa shape index (κ2) is 22.9. The van der Waals surface area contributed by atoms with Crippen LogP contribution in [0.3, 0.4) is 0 Å². The normalized spacial score (nSPS) is 14.4. The van der Waals surface area contributed by atoms with Gasteiger partial charge in [0.1, 0.15) is 40.5 Å². The summed E-state index contributed by atoms with van der Waals surface area (Å²) in [4.78, 5) is 59.6. The molecule has 0 aliphatic heterocycles. The summed E-state index contributed by atoms with van der Waals surface area (Å²) in [5.41, 5.74) is 7.75. The van der Waals surface area contributed by atoms with E-state index in [4.69, 9.17) is 19.9 Å². The molecule has 1 amide bonds. The summed E-state index contributed by atoms with van der Waals surface area (Å²) in [6.07, 6.45) is 7.36. The van der Waals surface area contributed by atoms with Gasteiger partial charge in [-0.05, 0) is 94.4 Å². The Balaban J connectivity index is 0. The lowest BCUT2D eigenvalue weighted by Crippen LogP contribution is -2.54. The summed E-state index contributed by atoms with van der Waals surface area (Å²) in [5, 5.41) is 2.62. The Morgan fingerprint density at radius 2 is 1.06 bits per heavy atom. The Hall–Kier alpha value is -2.53. The number of quaternary nitrogens is 1. The zero-order chi connectivity index (χ0) is 37.0. The second-order valence-electron chi connectivity index (χ2n) is 15.5. The topological polar surface area (TPSA) is 179 Å². The lowest BCUT2D eigenvalue weighted by Gasteiger charge is -2.26. The van der Waals surface area contributed by atoms with Crippen LogP contribution < -0.4 is 16.8 Å². The predicted molar refractivity (Wildman–Crippen MR) is 185 cm³/mol. The van der Waals surface area contributed by atoms with Crippen molar-refractivity contribution in [3.63, 3.8) is 0 Å². The number of carbonyl (C=O) groups is 5. The summed E-state index contributed by atoms with van der Waals surface area (Å²) in [5.74, 6) is -0.0971. The van der Waals surface area contributed by atoms with Crippen LogP contribution in [0.15, 0.2) is 0 Å². The van der Waals surface area contributed by atoms with Gasteiger partial charge in [-0.15, -0.1) is 0 Å². The molecule has 0 fully saturated rings. The molecule has 0 saturated heterocycles. The van der Waals surface area contributed by atoms with Crippen LogP contribution in [0.5, 0.6) is 0 Å². The van der Waals surface area contributed by atoms with E-state index in [2.05, 4.69) is 11.1 Å². The van der Waals surface area contributed by atoms with Crippen molar-refractivity contribution in [1.29, 1.82) is 0 Å². The van der Waals surface area contributed by atoms with Crippen LogP contribution in [0, 0.1) is 11.8 Å². The monoisotopic (exact) mass is 673 g/mol. The number of Topliss-reactive ketones (excluding diaryl/α,β-unsaturated/α-hetero) is 2. The molecule has 0 aliphatic rings. The predicted octanol–water partition coefficient (Wildman–Crippen LogP) is 5.84. The molecule has 0 radical (unpaired) electrons. The van der Waals surface area contributed by atoms with Gasteiger partial charge in [-0.25, -0.2) is 9.59 Å². The number of hydrogen-bond acceptors (Lipinski definition) is 9. The van der Waals surface area contributed by atoms with Gasteiger partial charge in [-0.1, -0.05) is 46.5 Å². The van der Waals surface area contributed by atoms with E-state index in [0.29, 0.717) is 38.6 Å². The molecule has 0 heterocycles. The van der Waals surface area contributed by atoms with Crippen LogP contribution in [0.1, 0.15) is 154 Å². The van der Waals surface area contributed by atoms with Crippen molar-refractivity contribution >= 4 is 29.6 Å². The van der Waals surface area contributed by atoms with E-state index in [9.17, 15) is 24.0 Å². The highest BCUT2D eigenvalue weighted by Gasteiger charge is 2.28. The number of amides is 1. The van der Waals surface area contributed by atoms with Crippen LogP contribution in [0.4, 0.5) is 4.79 Å². The van der Waals surface area contributed by atoms with Crippen LogP contribution in [0.2, 0.25) is 0 Å². The van der Waals surface area contributed by atoms with Crippen molar-refractivity contribution in [1.82, 2.24) is 5.32 Å². The Bertz CT molecular complexity index is 947. The number of alkyl carbamates (subject to hydrolysis) is 1. The van der Waals surface area contributed by atoms with Gasteiger partial charge in [-0.2, -0.15) is 0 Å². The summed E-state index contributed by atoms with van der Waals surface area (Å²) in [6, 6.07) is -1.33. The largest absolute Gasteiger partial charge is 0.459 e. The number of esters is 2. The van der Waals surface area contributed by atoms with Crippen molar-refractivity contribution in [2.75, 3.05) is 6.54 Å². The molecule has 6 N–H and O–H groups in total. The van der Waals surface area contributed by atoms with Gasteiger partial charge < -0.3 is 31.0 Å². The minimum atomic E-state index is -0.760. The molecule has 11 heteroatoms. The van der Waals surface area contributed by atoms with Crippen molar-refractivity contribution in [2.45, 2.75) is 183 Å². The van der Waals surface area contributed by atoms with Gasteiger partial charge in [0, 0.05) is 18.8 Å². The van der Waals surface area contributed by atoms with Crippen molar-refractivity contribution in [3.8, 4) is 0 Å². The molecule has 0 aliphatic carbocycles. The third kappa shape index (κ3) is 27.2. The highest BCUT2D eigenvalue weighted by atomic mass is 16.6. The molecular formula is C36H70N3O8+. The highest BCUT2D eigenvalue weighted by molar-refractivity contribution is 5.82. The first kappa shape index (κ1) is 46.6. The number of carbonyl (C=O) groups excluding carboxylic acids is 5. The van der Waals surface area contributed by atoms with Gasteiger partial charge in [0.05, 0.1) is 12.5 Å². The maximum Gasteiger partial charge on any atom is 0.408 e. The maximum absolute atomic E-state index is 12.4. The first-order valence-electron chi connectivity index (χ1n) is 17.5. The quantitative estimate of drug-likeness (QED) is 0.0863. The molecule has 0 saturated carbocycles. The van der Waals surface area contributed by atoms with E-state index in [1.807, 2.05) is 41.5 Å². The number of rotatable bonds is 19. The number of ketones is 2. The zero-order valence-corrected chi connectivity index (χ0v) is 31.8. The first-order valence-corrected chi connectivity index (χ1v) is 17.5. The van der Waals surface area contributed by atoms with E-state index in [1.54, 1.807) is 41.5 Å². The Kier molecular flexibility index (Phi) is 22.7. The number of ether oxygens (including phenoxy) is 3. The number of nitrogens with one attached hydrogen (secondary N) is 1. The summed E-state index contributed by atoms with van der Waals surface area (Å²) < 4.78 is 15.9. The van der Waals surface area contributed by atoms with Crippen LogP contribution in [-0.2, 0) is 33.4 Å². The summed E-state index contributed by atoms with van der Waals surface area (Å²) in [7, 11) is 0. The van der Waals surface area contributed by atoms with E-state index >= 15 is 0 Å². The fraction of sp³-hybridized carbons (Fsp3) is 0.861. The minimum absolute atomic E-state index is 0.0546. The van der Waals surface area contributed by atoms with Crippen LogP contribution in [-0.4, -0.2) is 65.0 Å². The highest BCUT2D eigenvalue weighted by Crippen LogP contribution is 2.16. The van der Waals surface area contributed by atoms with Gasteiger partial charge in [0.25, 0.3) is 0 Å². The molecule has 0 bridgehead atoms. The van der Waals surface area contributed by atoms with E-state index < -0.39 is 40.9 Å². The second-order valence-corrected chi connectivity index (χ2v) is 15.5. The molecule has 11 nitrogen and oxygen atoms in total. The smallest absolute Gasteiger partial charge is 0.408 e. The van der Waals surface area contributed by atoms with E-state index in [-0.39, 0.29) is 29.4 Å². The minimum Gasteiger partial charge on any atom is -0.459 e. The molecular weight excluding hydrogens is 602 g/mol. The van der Waals surface area contributed by atoms with Crippen molar-refractivity contribution in [3.05, 3.63) is 0 Å². The van der Waals surface area contributed by atoms with Crippen molar-refractivity contribution < 1.29 is 43.9 Å². The molecule has 0 rings (SSSR count). The SMILES string of the molecule is CC(C[NH3+])C(=O)CCCCC[C@H](N)C(=O)OC(C)(C)C.CCC(C)C(=O)CCCCC[C@H](NC(=O)OC(C)(C)C)C(=O)OC(C)(C)C. The standard InChI is InChI=1S/C21H39NO5.C15H30N2O3/c1-9-15(2)17(23)14-12-10-11-13-16(18(24)26-20(3,4)5)22-19(25)27-21(6,7)8;1-11(10-16)13(18)9-7-5-6-8-12(17)14(19)20-15(2,3)4/h15-16H,9-14H2,1-8H3,(H,22,25);11-12H,5-10,16-17H2,1-4H3/p+1/t15?,16-;11?,12-/m00/s1. The number of unbranched alkanes of at least 4 members (excludes halogenated alkanes) is 4. The van der Waals surface area contributed by atoms with E-state index in [0.717, 1.165) is 38.5 Å². The van der Waals surface area contributed by atoms with Gasteiger partial charge in [0.15, 0.2) is 0 Å². The Morgan fingerprint density at radius 1 is 0.638 bits per heavy atom. The summed E-state index contributed by atoms with van der Waals surface area (Å²) in [6.45, 7) is 22.7. The molecule has 276 valence electrons. The Morgan fingerprint density at radius 3 is 1.49 bits per heavy atom.